The number of hydrogen-bond donors (Lipinski definition) is 0. The Labute approximate surface area is 87.5 Å². The largest absolute Gasteiger partial charge is 0.338 e. The first-order valence-electron chi connectivity index (χ1n) is 4.54. The second-order valence-electron chi connectivity index (χ2n) is 2.92. The molecule has 0 aromatic rings. The molecular formula is C8H15F2O4P. The fourth-order valence-corrected chi connectivity index (χ4v) is 2.51. The van der Waals surface area contributed by atoms with Crippen molar-refractivity contribution in [3.63, 3.8) is 0 Å². The molecule has 0 radical (unpaired) electrons. The van der Waals surface area contributed by atoms with E-state index in [1.807, 2.05) is 0 Å². The van der Waals surface area contributed by atoms with Crippen molar-refractivity contribution in [2.45, 2.75) is 26.7 Å². The molecule has 0 unspecified atom stereocenters. The fourth-order valence-electron chi connectivity index (χ4n) is 0.837. The molecule has 0 spiro atoms. The molecule has 0 atom stereocenters. The van der Waals surface area contributed by atoms with Crippen molar-refractivity contribution in [2.24, 2.45) is 0 Å². The van der Waals surface area contributed by atoms with E-state index in [1.165, 1.54) is 0 Å². The van der Waals surface area contributed by atoms with Gasteiger partial charge in [-0.1, -0.05) is 0 Å². The topological polar surface area (TPSA) is 52.6 Å². The van der Waals surface area contributed by atoms with Gasteiger partial charge in [0.05, 0.1) is 13.2 Å². The number of carbonyl (C=O) groups is 1. The lowest BCUT2D eigenvalue weighted by Crippen LogP contribution is -2.28. The normalized spacial score (nSPS) is 12.9. The Kier molecular flexibility index (Phi) is 5.56. The SMILES string of the molecule is CCOP(=O)(CC(=O)C(C)(F)F)OCC. The van der Waals surface area contributed by atoms with Gasteiger partial charge in [-0.05, 0) is 13.8 Å². The van der Waals surface area contributed by atoms with Gasteiger partial charge in [-0.15, -0.1) is 0 Å². The smallest absolute Gasteiger partial charge is 0.309 e. The first-order valence-corrected chi connectivity index (χ1v) is 6.27. The van der Waals surface area contributed by atoms with Gasteiger partial charge in [0.15, 0.2) is 0 Å². The van der Waals surface area contributed by atoms with Crippen molar-refractivity contribution in [3.05, 3.63) is 0 Å². The molecule has 0 fully saturated rings. The Hall–Kier alpha value is -0.320. The third-order valence-corrected chi connectivity index (χ3v) is 3.46. The summed E-state index contributed by atoms with van der Waals surface area (Å²) in [6, 6.07) is 0. The first kappa shape index (κ1) is 14.7. The number of ketones is 1. The van der Waals surface area contributed by atoms with E-state index in [2.05, 4.69) is 0 Å². The zero-order chi connectivity index (χ0) is 12.1. The lowest BCUT2D eigenvalue weighted by molar-refractivity contribution is -0.138. The minimum atomic E-state index is -3.70. The van der Waals surface area contributed by atoms with E-state index in [1.54, 1.807) is 13.8 Å². The predicted octanol–water partition coefficient (Wildman–Crippen LogP) is 2.48. The molecule has 7 heteroatoms. The summed E-state index contributed by atoms with van der Waals surface area (Å²) in [6.07, 6.45) is -0.891. The van der Waals surface area contributed by atoms with Crippen LogP contribution < -0.4 is 0 Å². The third-order valence-electron chi connectivity index (χ3n) is 1.48. The molecule has 0 aromatic carbocycles. The van der Waals surface area contributed by atoms with Crippen molar-refractivity contribution in [1.29, 1.82) is 0 Å². The Balaban J connectivity index is 4.55. The lowest BCUT2D eigenvalue weighted by Gasteiger charge is -2.17. The lowest BCUT2D eigenvalue weighted by atomic mass is 10.3. The molecule has 0 aliphatic carbocycles. The van der Waals surface area contributed by atoms with Crippen molar-refractivity contribution in [1.82, 2.24) is 0 Å². The molecule has 0 aliphatic heterocycles. The number of carbonyl (C=O) groups excluding carboxylic acids is 1. The van der Waals surface area contributed by atoms with Crippen molar-refractivity contribution >= 4 is 13.4 Å². The number of hydrogen-bond acceptors (Lipinski definition) is 4. The van der Waals surface area contributed by atoms with Gasteiger partial charge < -0.3 is 9.05 Å². The van der Waals surface area contributed by atoms with E-state index in [0.29, 0.717) is 6.92 Å². The zero-order valence-corrected chi connectivity index (χ0v) is 9.85. The molecule has 4 nitrogen and oxygen atoms in total. The summed E-state index contributed by atoms with van der Waals surface area (Å²) in [6.45, 7) is 3.62. The molecular weight excluding hydrogens is 229 g/mol. The average molecular weight is 244 g/mol. The minimum Gasteiger partial charge on any atom is -0.309 e. The first-order chi connectivity index (χ1) is 6.75. The van der Waals surface area contributed by atoms with Crippen LogP contribution in [-0.4, -0.2) is 31.1 Å². The van der Waals surface area contributed by atoms with Crippen molar-refractivity contribution in [3.8, 4) is 0 Å². The predicted molar refractivity (Wildman–Crippen MR) is 51.4 cm³/mol. The highest BCUT2D eigenvalue weighted by atomic mass is 31.2. The molecule has 0 amide bonds. The van der Waals surface area contributed by atoms with E-state index in [9.17, 15) is 18.1 Å². The Morgan fingerprint density at radius 3 is 1.93 bits per heavy atom. The van der Waals surface area contributed by atoms with Crippen LogP contribution >= 0.6 is 7.60 Å². The Morgan fingerprint density at radius 2 is 1.67 bits per heavy atom. The second-order valence-corrected chi connectivity index (χ2v) is 4.97. The molecule has 0 aromatic heterocycles. The van der Waals surface area contributed by atoms with Crippen molar-refractivity contribution < 1.29 is 27.2 Å². The van der Waals surface area contributed by atoms with Crippen LogP contribution in [0.1, 0.15) is 20.8 Å². The van der Waals surface area contributed by atoms with Crippen LogP contribution in [0.2, 0.25) is 0 Å². The van der Waals surface area contributed by atoms with Gasteiger partial charge in [0.25, 0.3) is 0 Å². The number of Topliss-reactive ketones (excluding diaryl/α,β-unsaturated/α-hetero) is 1. The molecule has 0 aliphatic rings. The van der Waals surface area contributed by atoms with Crippen LogP contribution in [0.5, 0.6) is 0 Å². The van der Waals surface area contributed by atoms with Gasteiger partial charge in [-0.25, -0.2) is 0 Å². The summed E-state index contributed by atoms with van der Waals surface area (Å²) in [7, 11) is -3.70. The van der Waals surface area contributed by atoms with Crippen LogP contribution in [0.15, 0.2) is 0 Å². The van der Waals surface area contributed by atoms with E-state index >= 15 is 0 Å². The third kappa shape index (κ3) is 5.35. The van der Waals surface area contributed by atoms with Crippen LogP contribution in [0.4, 0.5) is 8.78 Å². The van der Waals surface area contributed by atoms with Crippen LogP contribution in [0.25, 0.3) is 0 Å². The van der Waals surface area contributed by atoms with Crippen LogP contribution in [-0.2, 0) is 18.4 Å². The molecule has 0 saturated heterocycles. The van der Waals surface area contributed by atoms with E-state index in [4.69, 9.17) is 9.05 Å². The van der Waals surface area contributed by atoms with E-state index in [0.717, 1.165) is 0 Å². The van der Waals surface area contributed by atoms with Crippen LogP contribution in [0, 0.1) is 0 Å². The Bertz CT molecular complexity index is 252. The summed E-state index contributed by atoms with van der Waals surface area (Å²) in [5.41, 5.74) is 0. The van der Waals surface area contributed by atoms with E-state index < -0.39 is 25.5 Å². The van der Waals surface area contributed by atoms with Crippen LogP contribution in [0.3, 0.4) is 0 Å². The maximum atomic E-state index is 12.5. The molecule has 0 rings (SSSR count). The average Bonchev–Trinajstić information content (AvgIpc) is 2.02. The van der Waals surface area contributed by atoms with Gasteiger partial charge in [0.1, 0.15) is 6.16 Å². The highest BCUT2D eigenvalue weighted by Crippen LogP contribution is 2.48. The van der Waals surface area contributed by atoms with E-state index in [-0.39, 0.29) is 13.2 Å². The zero-order valence-electron chi connectivity index (χ0n) is 8.96. The maximum Gasteiger partial charge on any atom is 0.338 e. The van der Waals surface area contributed by atoms with Gasteiger partial charge >= 0.3 is 13.5 Å². The summed E-state index contributed by atoms with van der Waals surface area (Å²) in [5, 5.41) is 0. The highest BCUT2D eigenvalue weighted by molar-refractivity contribution is 7.54. The molecule has 0 bridgehead atoms. The Morgan fingerprint density at radius 1 is 1.27 bits per heavy atom. The fraction of sp³-hybridized carbons (Fsp3) is 0.875. The monoisotopic (exact) mass is 244 g/mol. The molecule has 15 heavy (non-hydrogen) atoms. The summed E-state index contributed by atoms with van der Waals surface area (Å²) < 4.78 is 46.2. The van der Waals surface area contributed by atoms with Gasteiger partial charge in [-0.3, -0.25) is 9.36 Å². The van der Waals surface area contributed by atoms with Gasteiger partial charge in [0, 0.05) is 6.92 Å². The van der Waals surface area contributed by atoms with Gasteiger partial charge in [-0.2, -0.15) is 8.78 Å². The van der Waals surface area contributed by atoms with Gasteiger partial charge in [0.2, 0.25) is 5.78 Å². The minimum absolute atomic E-state index is 0.0415. The quantitative estimate of drug-likeness (QED) is 0.645. The summed E-state index contributed by atoms with van der Waals surface area (Å²) in [5.74, 6) is -4.95. The number of alkyl halides is 2. The highest BCUT2D eigenvalue weighted by Gasteiger charge is 2.39. The standard InChI is InChI=1S/C8H15F2O4P/c1-4-13-15(12,14-5-2)6-7(11)8(3,9)10/h4-6H2,1-3H3. The summed E-state index contributed by atoms with van der Waals surface area (Å²) in [4.78, 5) is 10.9. The molecule has 0 heterocycles. The van der Waals surface area contributed by atoms with Crippen molar-refractivity contribution in [2.75, 3.05) is 19.4 Å². The molecule has 0 saturated carbocycles. The number of rotatable bonds is 7. The molecule has 0 N–H and O–H groups in total. The molecule has 90 valence electrons. The number of halogens is 2. The maximum absolute atomic E-state index is 12.5. The second kappa shape index (κ2) is 5.68. The summed E-state index contributed by atoms with van der Waals surface area (Å²) >= 11 is 0.